The lowest BCUT2D eigenvalue weighted by molar-refractivity contribution is 0.149. The van der Waals surface area contributed by atoms with E-state index in [1.807, 2.05) is 6.07 Å². The van der Waals surface area contributed by atoms with Crippen LogP contribution in [0.2, 0.25) is 0 Å². The Hall–Kier alpha value is -1.50. The van der Waals surface area contributed by atoms with Gasteiger partial charge in [0.25, 0.3) is 0 Å². The highest BCUT2D eigenvalue weighted by atomic mass is 32.2. The minimum atomic E-state index is -3.51. The quantitative estimate of drug-likeness (QED) is 0.867. The molecule has 1 aliphatic heterocycles. The average molecular weight is 306 g/mol. The van der Waals surface area contributed by atoms with Gasteiger partial charge in [0.05, 0.1) is 11.5 Å². The third-order valence-corrected chi connectivity index (χ3v) is 5.92. The molecule has 21 heavy (non-hydrogen) atoms. The molecule has 0 bridgehead atoms. The van der Waals surface area contributed by atoms with Crippen LogP contribution in [0.25, 0.3) is 10.8 Å². The van der Waals surface area contributed by atoms with Gasteiger partial charge < -0.3 is 4.74 Å². The Morgan fingerprint density at radius 2 is 2.24 bits per heavy atom. The van der Waals surface area contributed by atoms with E-state index in [4.69, 9.17) is 4.74 Å². The number of methoxy groups -OCH3 is 1. The fourth-order valence-electron chi connectivity index (χ4n) is 2.93. The summed E-state index contributed by atoms with van der Waals surface area (Å²) in [5, 5.41) is 1.55. The maximum absolute atomic E-state index is 13.0. The van der Waals surface area contributed by atoms with Gasteiger partial charge >= 0.3 is 0 Å². The van der Waals surface area contributed by atoms with E-state index in [9.17, 15) is 8.42 Å². The molecule has 0 spiro atoms. The van der Waals surface area contributed by atoms with Gasteiger partial charge in [-0.1, -0.05) is 12.1 Å². The maximum Gasteiger partial charge on any atom is 0.244 e. The fraction of sp³-hybridized carbons (Fsp3) is 0.400. The first kappa shape index (κ1) is 14.4. The molecule has 3 rings (SSSR count). The largest absolute Gasteiger partial charge is 0.383 e. The van der Waals surface area contributed by atoms with Gasteiger partial charge in [0.15, 0.2) is 0 Å². The van der Waals surface area contributed by atoms with E-state index in [2.05, 4.69) is 4.98 Å². The standard InChI is InChI=1S/C15H18N2O3S/c1-20-11-13-5-3-9-17(13)21(18,19)15-6-2-4-12-10-16-8-7-14(12)15/h2,4,6-8,10,13H,3,5,9,11H2,1H3. The highest BCUT2D eigenvalue weighted by Crippen LogP contribution is 2.30. The van der Waals surface area contributed by atoms with E-state index in [1.54, 1.807) is 42.0 Å². The van der Waals surface area contributed by atoms with Crippen LogP contribution in [0.1, 0.15) is 12.8 Å². The summed E-state index contributed by atoms with van der Waals surface area (Å²) in [5.41, 5.74) is 0. The van der Waals surface area contributed by atoms with Gasteiger partial charge in [0, 0.05) is 42.9 Å². The molecule has 1 aromatic heterocycles. The molecule has 112 valence electrons. The molecule has 5 nitrogen and oxygen atoms in total. The lowest BCUT2D eigenvalue weighted by Gasteiger charge is -2.24. The Balaban J connectivity index is 2.08. The summed E-state index contributed by atoms with van der Waals surface area (Å²) in [6.07, 6.45) is 5.03. The summed E-state index contributed by atoms with van der Waals surface area (Å²) >= 11 is 0. The minimum absolute atomic E-state index is 0.0721. The molecular formula is C15H18N2O3S. The van der Waals surface area contributed by atoms with Gasteiger partial charge in [-0.2, -0.15) is 4.31 Å². The van der Waals surface area contributed by atoms with E-state index < -0.39 is 10.0 Å². The van der Waals surface area contributed by atoms with Crippen molar-refractivity contribution in [3.63, 3.8) is 0 Å². The van der Waals surface area contributed by atoms with Crippen LogP contribution >= 0.6 is 0 Å². The van der Waals surface area contributed by atoms with Crippen molar-refractivity contribution < 1.29 is 13.2 Å². The number of benzene rings is 1. The molecule has 1 atom stereocenters. The summed E-state index contributed by atoms with van der Waals surface area (Å²) in [7, 11) is -1.91. The second kappa shape index (κ2) is 5.71. The number of rotatable bonds is 4. The summed E-state index contributed by atoms with van der Waals surface area (Å²) in [5.74, 6) is 0. The molecule has 1 aliphatic rings. The molecule has 0 aliphatic carbocycles. The lowest BCUT2D eigenvalue weighted by Crippen LogP contribution is -2.38. The normalized spacial score (nSPS) is 20.1. The number of fused-ring (bicyclic) bond motifs is 1. The van der Waals surface area contributed by atoms with Crippen LogP contribution in [0.4, 0.5) is 0 Å². The number of nitrogens with zero attached hydrogens (tertiary/aromatic N) is 2. The van der Waals surface area contributed by atoms with Crippen LogP contribution < -0.4 is 0 Å². The van der Waals surface area contributed by atoms with Gasteiger partial charge in [-0.25, -0.2) is 8.42 Å². The molecule has 2 aromatic rings. The van der Waals surface area contributed by atoms with Crippen molar-refractivity contribution in [2.75, 3.05) is 20.3 Å². The number of aromatic nitrogens is 1. The molecule has 1 unspecified atom stereocenters. The summed E-state index contributed by atoms with van der Waals surface area (Å²) in [6.45, 7) is 0.989. The maximum atomic E-state index is 13.0. The van der Waals surface area contributed by atoms with Crippen LogP contribution in [-0.2, 0) is 14.8 Å². The minimum Gasteiger partial charge on any atom is -0.383 e. The number of ether oxygens (including phenoxy) is 1. The van der Waals surface area contributed by atoms with Crippen LogP contribution in [-0.4, -0.2) is 44.0 Å². The van der Waals surface area contributed by atoms with Gasteiger partial charge in [-0.3, -0.25) is 4.98 Å². The Bertz CT molecular complexity index is 740. The molecule has 1 saturated heterocycles. The molecule has 0 saturated carbocycles. The Kier molecular flexibility index (Phi) is 3.93. The molecule has 2 heterocycles. The van der Waals surface area contributed by atoms with Gasteiger partial charge in [0.1, 0.15) is 0 Å². The Morgan fingerprint density at radius 3 is 3.05 bits per heavy atom. The van der Waals surface area contributed by atoms with Crippen molar-refractivity contribution in [1.29, 1.82) is 0 Å². The predicted molar refractivity (Wildman–Crippen MR) is 80.5 cm³/mol. The van der Waals surface area contributed by atoms with E-state index in [0.29, 0.717) is 18.0 Å². The Labute approximate surface area is 124 Å². The third-order valence-electron chi connectivity index (χ3n) is 3.91. The predicted octanol–water partition coefficient (Wildman–Crippen LogP) is 2.03. The van der Waals surface area contributed by atoms with Crippen molar-refractivity contribution in [2.45, 2.75) is 23.8 Å². The highest BCUT2D eigenvalue weighted by molar-refractivity contribution is 7.89. The van der Waals surface area contributed by atoms with Crippen molar-refractivity contribution in [3.8, 4) is 0 Å². The van der Waals surface area contributed by atoms with Crippen molar-refractivity contribution in [1.82, 2.24) is 9.29 Å². The molecule has 0 radical (unpaired) electrons. The van der Waals surface area contributed by atoms with E-state index >= 15 is 0 Å². The molecule has 0 amide bonds. The van der Waals surface area contributed by atoms with Crippen molar-refractivity contribution >= 4 is 20.8 Å². The zero-order valence-corrected chi connectivity index (χ0v) is 12.7. The zero-order valence-electron chi connectivity index (χ0n) is 11.9. The molecule has 1 fully saturated rings. The van der Waals surface area contributed by atoms with Gasteiger partial charge in [-0.05, 0) is 25.0 Å². The van der Waals surface area contributed by atoms with Crippen molar-refractivity contribution in [2.24, 2.45) is 0 Å². The summed E-state index contributed by atoms with van der Waals surface area (Å²) < 4.78 is 32.7. The summed E-state index contributed by atoms with van der Waals surface area (Å²) in [4.78, 5) is 4.40. The monoisotopic (exact) mass is 306 g/mol. The number of hydrogen-bond acceptors (Lipinski definition) is 4. The average Bonchev–Trinajstić information content (AvgIpc) is 2.96. The van der Waals surface area contributed by atoms with Crippen LogP contribution in [0, 0.1) is 0 Å². The second-order valence-corrected chi connectivity index (χ2v) is 7.08. The first-order chi connectivity index (χ1) is 10.1. The third kappa shape index (κ3) is 2.54. The highest BCUT2D eigenvalue weighted by Gasteiger charge is 2.35. The second-order valence-electron chi connectivity index (χ2n) is 5.22. The number of hydrogen-bond donors (Lipinski definition) is 0. The molecule has 0 N–H and O–H groups in total. The Morgan fingerprint density at radius 1 is 1.38 bits per heavy atom. The van der Waals surface area contributed by atoms with Gasteiger partial charge in [-0.15, -0.1) is 0 Å². The van der Waals surface area contributed by atoms with E-state index in [0.717, 1.165) is 23.6 Å². The van der Waals surface area contributed by atoms with E-state index in [1.165, 1.54) is 0 Å². The SMILES string of the molecule is COCC1CCCN1S(=O)(=O)c1cccc2cnccc12. The molecule has 1 aromatic carbocycles. The topological polar surface area (TPSA) is 59.5 Å². The van der Waals surface area contributed by atoms with E-state index in [-0.39, 0.29) is 6.04 Å². The lowest BCUT2D eigenvalue weighted by atomic mass is 10.2. The summed E-state index contributed by atoms with van der Waals surface area (Å²) in [6, 6.07) is 6.98. The van der Waals surface area contributed by atoms with Crippen LogP contribution in [0.15, 0.2) is 41.6 Å². The first-order valence-electron chi connectivity index (χ1n) is 6.98. The van der Waals surface area contributed by atoms with Gasteiger partial charge in [0.2, 0.25) is 10.0 Å². The molecule has 6 heteroatoms. The fourth-order valence-corrected chi connectivity index (χ4v) is 4.82. The van der Waals surface area contributed by atoms with Crippen LogP contribution in [0.3, 0.4) is 0 Å². The smallest absolute Gasteiger partial charge is 0.244 e. The first-order valence-corrected chi connectivity index (χ1v) is 8.42. The van der Waals surface area contributed by atoms with Crippen molar-refractivity contribution in [3.05, 3.63) is 36.7 Å². The van der Waals surface area contributed by atoms with Crippen LogP contribution in [0.5, 0.6) is 0 Å². The number of pyridine rings is 1. The molecular weight excluding hydrogens is 288 g/mol. The number of sulfonamides is 1. The zero-order chi connectivity index (χ0) is 14.9.